The minimum atomic E-state index is -1.25. The van der Waals surface area contributed by atoms with E-state index in [9.17, 15) is 15.3 Å². The summed E-state index contributed by atoms with van der Waals surface area (Å²) in [5, 5.41) is 31.7. The molecule has 0 radical (unpaired) electrons. The van der Waals surface area contributed by atoms with Crippen molar-refractivity contribution in [2.45, 2.75) is 24.4 Å². The molecule has 0 bridgehead atoms. The lowest BCUT2D eigenvalue weighted by Crippen LogP contribution is -2.49. The molecule has 1 fully saturated rings. The van der Waals surface area contributed by atoms with Gasteiger partial charge in [-0.2, -0.15) is 0 Å². The van der Waals surface area contributed by atoms with Gasteiger partial charge in [-0.25, -0.2) is 4.98 Å². The Bertz CT molecular complexity index is 863. The molecule has 24 heavy (non-hydrogen) atoms. The Kier molecular flexibility index (Phi) is 3.82. The highest BCUT2D eigenvalue weighted by atomic mass is 16.5. The summed E-state index contributed by atoms with van der Waals surface area (Å²) >= 11 is 0. The second-order valence-corrected chi connectivity index (χ2v) is 6.05. The van der Waals surface area contributed by atoms with E-state index in [1.807, 2.05) is 30.3 Å². The Morgan fingerprint density at radius 3 is 2.62 bits per heavy atom. The number of ether oxygens (including phenoxy) is 1. The van der Waals surface area contributed by atoms with Crippen molar-refractivity contribution >= 4 is 10.8 Å². The van der Waals surface area contributed by atoms with E-state index in [4.69, 9.17) is 4.74 Å². The summed E-state index contributed by atoms with van der Waals surface area (Å²) in [6, 6.07) is 14.2. The molecule has 4 N–H and O–H groups in total. The fourth-order valence-corrected chi connectivity index (χ4v) is 3.03. The maximum Gasteiger partial charge on any atom is 0.144 e. The molecule has 2 heterocycles. The number of aromatic amines is 1. The summed E-state index contributed by atoms with van der Waals surface area (Å²) in [4.78, 5) is 7.41. The lowest BCUT2D eigenvalue weighted by molar-refractivity contribution is -0.191. The number of H-pyrrole nitrogens is 1. The van der Waals surface area contributed by atoms with Crippen LogP contribution in [0, 0.1) is 0 Å². The molecule has 1 aliphatic heterocycles. The van der Waals surface area contributed by atoms with Crippen molar-refractivity contribution in [2.24, 2.45) is 0 Å². The van der Waals surface area contributed by atoms with E-state index in [-0.39, 0.29) is 6.61 Å². The van der Waals surface area contributed by atoms with Crippen LogP contribution in [0.5, 0.6) is 0 Å². The molecule has 6 heteroatoms. The monoisotopic (exact) mass is 326 g/mol. The molecule has 2 aromatic carbocycles. The summed E-state index contributed by atoms with van der Waals surface area (Å²) in [7, 11) is 0. The van der Waals surface area contributed by atoms with Gasteiger partial charge in [0.1, 0.15) is 30.2 Å². The third-order valence-electron chi connectivity index (χ3n) is 4.43. The van der Waals surface area contributed by atoms with Gasteiger partial charge in [-0.15, -0.1) is 0 Å². The molecule has 0 spiro atoms. The Morgan fingerprint density at radius 1 is 1.00 bits per heavy atom. The first-order chi connectivity index (χ1) is 11.6. The van der Waals surface area contributed by atoms with E-state index in [1.165, 1.54) is 0 Å². The summed E-state index contributed by atoms with van der Waals surface area (Å²) < 4.78 is 5.42. The maximum absolute atomic E-state index is 10.1. The topological polar surface area (TPSA) is 98.6 Å². The Balaban J connectivity index is 1.64. The van der Waals surface area contributed by atoms with E-state index in [0.29, 0.717) is 5.82 Å². The van der Waals surface area contributed by atoms with E-state index in [2.05, 4.69) is 22.1 Å². The Morgan fingerprint density at radius 2 is 1.79 bits per heavy atom. The molecule has 1 aliphatic rings. The zero-order valence-electron chi connectivity index (χ0n) is 12.8. The average molecular weight is 326 g/mol. The number of nitrogens with zero attached hydrogens (tertiary/aromatic N) is 1. The van der Waals surface area contributed by atoms with Crippen LogP contribution in [0.1, 0.15) is 11.9 Å². The standard InChI is InChI=1S/C18H18N2O4/c21-14-9-24-17(16(23)15(14)22)18-19-8-13(20-18)12-6-5-10-3-1-2-4-11(10)7-12/h1-8,14-17,21-23H,9H2,(H,19,20)/t14-,15+,16-,17-/m1/s1. The number of benzene rings is 2. The highest BCUT2D eigenvalue weighted by Crippen LogP contribution is 2.29. The van der Waals surface area contributed by atoms with Gasteiger partial charge in [-0.1, -0.05) is 36.4 Å². The number of imidazole rings is 1. The number of aliphatic hydroxyl groups excluding tert-OH is 3. The molecule has 0 saturated carbocycles. The number of aromatic nitrogens is 2. The smallest absolute Gasteiger partial charge is 0.144 e. The first-order valence-electron chi connectivity index (χ1n) is 7.83. The van der Waals surface area contributed by atoms with Gasteiger partial charge in [-0.3, -0.25) is 0 Å². The largest absolute Gasteiger partial charge is 0.388 e. The third kappa shape index (κ3) is 2.59. The Hall–Kier alpha value is -2.25. The quantitative estimate of drug-likeness (QED) is 0.570. The first-order valence-corrected chi connectivity index (χ1v) is 7.83. The van der Waals surface area contributed by atoms with E-state index < -0.39 is 24.4 Å². The fraction of sp³-hybridized carbons (Fsp3) is 0.278. The van der Waals surface area contributed by atoms with Gasteiger partial charge >= 0.3 is 0 Å². The number of hydrogen-bond donors (Lipinski definition) is 4. The van der Waals surface area contributed by atoms with Crippen LogP contribution in [-0.2, 0) is 4.74 Å². The van der Waals surface area contributed by atoms with Gasteiger partial charge in [0.25, 0.3) is 0 Å². The zero-order valence-corrected chi connectivity index (χ0v) is 12.8. The summed E-state index contributed by atoms with van der Waals surface area (Å²) in [5.41, 5.74) is 1.77. The molecule has 0 aliphatic carbocycles. The van der Waals surface area contributed by atoms with E-state index in [1.54, 1.807) is 6.20 Å². The van der Waals surface area contributed by atoms with Crippen LogP contribution in [0.3, 0.4) is 0 Å². The normalized spacial score (nSPS) is 27.5. The van der Waals surface area contributed by atoms with Gasteiger partial charge in [0.2, 0.25) is 0 Å². The molecule has 124 valence electrons. The summed E-state index contributed by atoms with van der Waals surface area (Å²) in [6.45, 7) is -0.0467. The molecule has 6 nitrogen and oxygen atoms in total. The minimum absolute atomic E-state index is 0.0467. The van der Waals surface area contributed by atoms with Gasteiger partial charge in [0.15, 0.2) is 0 Å². The van der Waals surface area contributed by atoms with Crippen LogP contribution < -0.4 is 0 Å². The van der Waals surface area contributed by atoms with Crippen molar-refractivity contribution in [3.63, 3.8) is 0 Å². The summed E-state index contributed by atoms with van der Waals surface area (Å²) in [5.74, 6) is 0.427. The van der Waals surface area contributed by atoms with Crippen LogP contribution >= 0.6 is 0 Å². The zero-order chi connectivity index (χ0) is 16.7. The van der Waals surface area contributed by atoms with Crippen molar-refractivity contribution < 1.29 is 20.1 Å². The van der Waals surface area contributed by atoms with Crippen molar-refractivity contribution in [2.75, 3.05) is 6.61 Å². The fourth-order valence-electron chi connectivity index (χ4n) is 3.03. The second-order valence-electron chi connectivity index (χ2n) is 6.05. The first kappa shape index (κ1) is 15.3. The highest BCUT2D eigenvalue weighted by molar-refractivity contribution is 5.86. The van der Waals surface area contributed by atoms with Crippen LogP contribution in [0.15, 0.2) is 48.7 Å². The third-order valence-corrected chi connectivity index (χ3v) is 4.43. The summed E-state index contributed by atoms with van der Waals surface area (Å²) in [6.07, 6.45) is -2.70. The number of aliphatic hydroxyl groups is 3. The lowest BCUT2D eigenvalue weighted by Gasteiger charge is -2.34. The minimum Gasteiger partial charge on any atom is -0.388 e. The number of rotatable bonds is 2. The van der Waals surface area contributed by atoms with Crippen molar-refractivity contribution in [1.29, 1.82) is 0 Å². The molecule has 0 amide bonds. The highest BCUT2D eigenvalue weighted by Gasteiger charge is 2.39. The van der Waals surface area contributed by atoms with Crippen molar-refractivity contribution in [1.82, 2.24) is 9.97 Å². The van der Waals surface area contributed by atoms with Gasteiger partial charge in [0, 0.05) is 5.56 Å². The molecule has 3 aromatic rings. The molecule has 0 unspecified atom stereocenters. The predicted molar refractivity (Wildman–Crippen MR) is 88.2 cm³/mol. The molecule has 1 saturated heterocycles. The van der Waals surface area contributed by atoms with Crippen LogP contribution in [-0.4, -0.2) is 50.2 Å². The lowest BCUT2D eigenvalue weighted by atomic mass is 10.00. The van der Waals surface area contributed by atoms with Crippen LogP contribution in [0.25, 0.3) is 22.0 Å². The SMILES string of the molecule is O[C@@H]1[C@@H](O)[C@H](c2ncc(-c3ccc4ccccc4c3)[nH]2)OC[C@H]1O. The van der Waals surface area contributed by atoms with E-state index >= 15 is 0 Å². The number of fused-ring (bicyclic) bond motifs is 1. The van der Waals surface area contributed by atoms with Gasteiger partial charge in [0.05, 0.1) is 18.5 Å². The van der Waals surface area contributed by atoms with Crippen molar-refractivity contribution in [3.05, 3.63) is 54.5 Å². The average Bonchev–Trinajstić information content (AvgIpc) is 3.09. The molecular formula is C18H18N2O4. The number of nitrogens with one attached hydrogen (secondary N) is 1. The second kappa shape index (κ2) is 5.99. The molecule has 4 atom stereocenters. The molecule has 4 rings (SSSR count). The number of hydrogen-bond acceptors (Lipinski definition) is 5. The van der Waals surface area contributed by atoms with Gasteiger partial charge < -0.3 is 25.0 Å². The van der Waals surface area contributed by atoms with E-state index in [0.717, 1.165) is 22.0 Å². The molecular weight excluding hydrogens is 308 g/mol. The van der Waals surface area contributed by atoms with Crippen molar-refractivity contribution in [3.8, 4) is 11.3 Å². The Labute approximate surface area is 138 Å². The maximum atomic E-state index is 10.1. The molecule has 1 aromatic heterocycles. The predicted octanol–water partition coefficient (Wildman–Crippen LogP) is 1.38. The van der Waals surface area contributed by atoms with Gasteiger partial charge in [-0.05, 0) is 16.8 Å². The van der Waals surface area contributed by atoms with Crippen LogP contribution in [0.2, 0.25) is 0 Å². The van der Waals surface area contributed by atoms with Crippen LogP contribution in [0.4, 0.5) is 0 Å².